The lowest BCUT2D eigenvalue weighted by Gasteiger charge is -2.32. The van der Waals surface area contributed by atoms with Crippen molar-refractivity contribution >= 4 is 5.91 Å². The van der Waals surface area contributed by atoms with Crippen LogP contribution in [0.15, 0.2) is 41.0 Å². The Hall–Kier alpha value is -2.34. The number of nitrogens with one attached hydrogen (secondary N) is 1. The van der Waals surface area contributed by atoms with Gasteiger partial charge in [0.05, 0.1) is 13.4 Å². The summed E-state index contributed by atoms with van der Waals surface area (Å²) >= 11 is 0. The normalized spacial score (nSPS) is 15.8. The maximum absolute atomic E-state index is 13.8. The number of methoxy groups -OCH3 is 1. The van der Waals surface area contributed by atoms with Gasteiger partial charge in [0.25, 0.3) is 0 Å². The summed E-state index contributed by atoms with van der Waals surface area (Å²) in [5, 5.41) is 3.11. The first-order chi connectivity index (χ1) is 12.6. The molecular weight excluding hydrogens is 335 g/mol. The van der Waals surface area contributed by atoms with Crippen LogP contribution in [0.25, 0.3) is 0 Å². The first-order valence-corrected chi connectivity index (χ1v) is 9.00. The van der Waals surface area contributed by atoms with E-state index in [9.17, 15) is 9.18 Å². The largest absolute Gasteiger partial charge is 0.494 e. The molecule has 26 heavy (non-hydrogen) atoms. The van der Waals surface area contributed by atoms with E-state index in [0.717, 1.165) is 37.3 Å². The Kier molecular flexibility index (Phi) is 6.28. The predicted octanol–water partition coefficient (Wildman–Crippen LogP) is 3.14. The second kappa shape index (κ2) is 8.85. The molecule has 1 amide bonds. The Bertz CT molecular complexity index is 710. The van der Waals surface area contributed by atoms with E-state index in [1.54, 1.807) is 12.3 Å². The van der Waals surface area contributed by atoms with Gasteiger partial charge in [0.2, 0.25) is 5.91 Å². The number of carbonyl (C=O) groups is 1. The summed E-state index contributed by atoms with van der Waals surface area (Å²) in [5.74, 6) is 0.840. The molecule has 1 fully saturated rings. The van der Waals surface area contributed by atoms with E-state index in [-0.39, 0.29) is 23.5 Å². The fraction of sp³-hybridized carbons (Fsp3) is 0.450. The highest BCUT2D eigenvalue weighted by Crippen LogP contribution is 2.20. The Labute approximate surface area is 153 Å². The SMILES string of the molecule is COc1ccc(CN2CCC(NC(=O)CCc3ccco3)CC2)cc1F. The van der Waals surface area contributed by atoms with Crippen molar-refractivity contribution in [3.63, 3.8) is 0 Å². The lowest BCUT2D eigenvalue weighted by Crippen LogP contribution is -2.44. The van der Waals surface area contributed by atoms with Gasteiger partial charge < -0.3 is 14.5 Å². The van der Waals surface area contributed by atoms with Gasteiger partial charge in [-0.1, -0.05) is 6.07 Å². The van der Waals surface area contributed by atoms with Crippen LogP contribution in [-0.4, -0.2) is 37.0 Å². The van der Waals surface area contributed by atoms with Crippen molar-refractivity contribution in [3.05, 3.63) is 53.7 Å². The second-order valence-electron chi connectivity index (χ2n) is 6.67. The molecule has 3 rings (SSSR count). The Morgan fingerprint density at radius 1 is 1.35 bits per heavy atom. The highest BCUT2D eigenvalue weighted by atomic mass is 19.1. The van der Waals surface area contributed by atoms with Crippen molar-refractivity contribution in [2.75, 3.05) is 20.2 Å². The number of hydrogen-bond acceptors (Lipinski definition) is 4. The summed E-state index contributed by atoms with van der Waals surface area (Å²) in [6.45, 7) is 2.48. The third-order valence-electron chi connectivity index (χ3n) is 4.75. The molecule has 6 heteroatoms. The number of furan rings is 1. The maximum Gasteiger partial charge on any atom is 0.220 e. The number of likely N-dealkylation sites (tertiary alicyclic amines) is 1. The van der Waals surface area contributed by atoms with Crippen LogP contribution < -0.4 is 10.1 Å². The summed E-state index contributed by atoms with van der Waals surface area (Å²) in [6.07, 6.45) is 4.51. The molecule has 1 N–H and O–H groups in total. The van der Waals surface area contributed by atoms with Crippen molar-refractivity contribution in [2.24, 2.45) is 0 Å². The van der Waals surface area contributed by atoms with E-state index >= 15 is 0 Å². The standard InChI is InChI=1S/C20H25FN2O3/c1-25-19-6-4-15(13-18(19)21)14-23-10-8-16(9-11-23)22-20(24)7-5-17-3-2-12-26-17/h2-4,6,12-13,16H,5,7-11,14H2,1H3,(H,22,24). The number of nitrogens with zero attached hydrogens (tertiary/aromatic N) is 1. The van der Waals surface area contributed by atoms with E-state index in [4.69, 9.17) is 9.15 Å². The van der Waals surface area contributed by atoms with Gasteiger partial charge in [0.1, 0.15) is 5.76 Å². The van der Waals surface area contributed by atoms with E-state index < -0.39 is 0 Å². The zero-order valence-electron chi connectivity index (χ0n) is 15.0. The third kappa shape index (κ3) is 5.08. The fourth-order valence-corrected chi connectivity index (χ4v) is 3.29. The minimum Gasteiger partial charge on any atom is -0.494 e. The maximum atomic E-state index is 13.8. The lowest BCUT2D eigenvalue weighted by molar-refractivity contribution is -0.122. The minimum atomic E-state index is -0.330. The molecule has 1 aromatic carbocycles. The van der Waals surface area contributed by atoms with E-state index in [1.165, 1.54) is 13.2 Å². The molecule has 0 spiro atoms. The summed E-state index contributed by atoms with van der Waals surface area (Å²) in [7, 11) is 1.46. The van der Waals surface area contributed by atoms with Crippen molar-refractivity contribution in [1.82, 2.24) is 10.2 Å². The number of rotatable bonds is 7. The molecule has 0 atom stereocenters. The first-order valence-electron chi connectivity index (χ1n) is 9.00. The van der Waals surface area contributed by atoms with Gasteiger partial charge in [-0.2, -0.15) is 0 Å². The quantitative estimate of drug-likeness (QED) is 0.824. The third-order valence-corrected chi connectivity index (χ3v) is 4.75. The molecule has 1 saturated heterocycles. The van der Waals surface area contributed by atoms with Crippen LogP contribution in [0.1, 0.15) is 30.6 Å². The van der Waals surface area contributed by atoms with Gasteiger partial charge in [-0.15, -0.1) is 0 Å². The van der Waals surface area contributed by atoms with Gasteiger partial charge in [0, 0.05) is 38.5 Å². The molecule has 2 heterocycles. The van der Waals surface area contributed by atoms with E-state index in [1.807, 2.05) is 18.2 Å². The van der Waals surface area contributed by atoms with Gasteiger partial charge in [-0.25, -0.2) is 4.39 Å². The van der Waals surface area contributed by atoms with E-state index in [0.29, 0.717) is 19.4 Å². The molecule has 0 aliphatic carbocycles. The minimum absolute atomic E-state index is 0.0667. The highest BCUT2D eigenvalue weighted by Gasteiger charge is 2.21. The van der Waals surface area contributed by atoms with Crippen molar-refractivity contribution in [2.45, 2.75) is 38.3 Å². The van der Waals surface area contributed by atoms with Crippen molar-refractivity contribution in [1.29, 1.82) is 0 Å². The zero-order valence-corrected chi connectivity index (χ0v) is 15.0. The molecular formula is C20H25FN2O3. The molecule has 0 radical (unpaired) electrons. The molecule has 0 saturated carbocycles. The average molecular weight is 360 g/mol. The smallest absolute Gasteiger partial charge is 0.220 e. The molecule has 0 unspecified atom stereocenters. The van der Waals surface area contributed by atoms with Crippen LogP contribution in [0, 0.1) is 5.82 Å². The average Bonchev–Trinajstić information content (AvgIpc) is 3.15. The summed E-state index contributed by atoms with van der Waals surface area (Å²) in [4.78, 5) is 14.3. The van der Waals surface area contributed by atoms with Crippen LogP contribution in [-0.2, 0) is 17.8 Å². The van der Waals surface area contributed by atoms with Gasteiger partial charge in [-0.3, -0.25) is 9.69 Å². The van der Waals surface area contributed by atoms with Crippen molar-refractivity contribution < 1.29 is 18.3 Å². The Morgan fingerprint density at radius 3 is 2.81 bits per heavy atom. The molecule has 1 aromatic heterocycles. The molecule has 1 aliphatic heterocycles. The summed E-state index contributed by atoms with van der Waals surface area (Å²) in [6, 6.07) is 9.01. The number of benzene rings is 1. The van der Waals surface area contributed by atoms with Crippen LogP contribution in [0.5, 0.6) is 5.75 Å². The Morgan fingerprint density at radius 2 is 2.15 bits per heavy atom. The van der Waals surface area contributed by atoms with E-state index in [2.05, 4.69) is 10.2 Å². The highest BCUT2D eigenvalue weighted by molar-refractivity contribution is 5.76. The van der Waals surface area contributed by atoms with Gasteiger partial charge >= 0.3 is 0 Å². The predicted molar refractivity (Wildman–Crippen MR) is 96.4 cm³/mol. The first kappa shape index (κ1) is 18.5. The molecule has 0 bridgehead atoms. The number of ether oxygens (including phenoxy) is 1. The number of carbonyl (C=O) groups excluding carboxylic acids is 1. The van der Waals surface area contributed by atoms with Crippen LogP contribution >= 0.6 is 0 Å². The van der Waals surface area contributed by atoms with Crippen LogP contribution in [0.2, 0.25) is 0 Å². The second-order valence-corrected chi connectivity index (χ2v) is 6.67. The number of amides is 1. The number of hydrogen-bond donors (Lipinski definition) is 1. The molecule has 2 aromatic rings. The monoisotopic (exact) mass is 360 g/mol. The number of piperidine rings is 1. The van der Waals surface area contributed by atoms with Crippen LogP contribution in [0.4, 0.5) is 4.39 Å². The van der Waals surface area contributed by atoms with Crippen molar-refractivity contribution in [3.8, 4) is 5.75 Å². The molecule has 140 valence electrons. The Balaban J connectivity index is 1.39. The summed E-state index contributed by atoms with van der Waals surface area (Å²) in [5.41, 5.74) is 0.934. The summed E-state index contributed by atoms with van der Waals surface area (Å²) < 4.78 is 24.0. The fourth-order valence-electron chi connectivity index (χ4n) is 3.29. The zero-order chi connectivity index (χ0) is 18.4. The van der Waals surface area contributed by atoms with Crippen LogP contribution in [0.3, 0.4) is 0 Å². The van der Waals surface area contributed by atoms with Gasteiger partial charge in [0.15, 0.2) is 11.6 Å². The number of aryl methyl sites for hydroxylation is 1. The van der Waals surface area contributed by atoms with Gasteiger partial charge in [-0.05, 0) is 42.7 Å². The molecule has 5 nitrogen and oxygen atoms in total. The molecule has 1 aliphatic rings. The number of halogens is 1. The topological polar surface area (TPSA) is 54.7 Å². The lowest BCUT2D eigenvalue weighted by atomic mass is 10.0.